The molecule has 5 heteroatoms. The van der Waals surface area contributed by atoms with Crippen molar-refractivity contribution in [3.8, 4) is 0 Å². The fourth-order valence-electron chi connectivity index (χ4n) is 2.75. The first-order valence-electron chi connectivity index (χ1n) is 7.66. The summed E-state index contributed by atoms with van der Waals surface area (Å²) in [5, 5.41) is 30.5. The molecule has 0 aliphatic carbocycles. The summed E-state index contributed by atoms with van der Waals surface area (Å²) in [5.41, 5.74) is 2.92. The number of β-amino-alcohol motifs (C(OH)–C–C–N with tert-alkyl or cyclic N) is 2. The largest absolute Gasteiger partial charge is 0.391 e. The van der Waals surface area contributed by atoms with Crippen LogP contribution in [0.1, 0.15) is 32.3 Å². The van der Waals surface area contributed by atoms with Crippen molar-refractivity contribution < 1.29 is 15.3 Å². The molecule has 118 valence electrons. The van der Waals surface area contributed by atoms with Crippen molar-refractivity contribution >= 4 is 11.4 Å². The molecule has 0 bridgehead atoms. The molecule has 5 nitrogen and oxygen atoms in total. The number of fused-ring (bicyclic) bond motifs is 1. The molecule has 1 aromatic carbocycles. The first-order chi connectivity index (χ1) is 9.99. The number of anilines is 2. The van der Waals surface area contributed by atoms with Crippen LogP contribution in [0.3, 0.4) is 0 Å². The van der Waals surface area contributed by atoms with Crippen molar-refractivity contribution in [1.29, 1.82) is 0 Å². The third-order valence-electron chi connectivity index (χ3n) is 4.13. The van der Waals surface area contributed by atoms with E-state index in [0.29, 0.717) is 25.9 Å². The summed E-state index contributed by atoms with van der Waals surface area (Å²) in [6.45, 7) is 6.60. The van der Waals surface area contributed by atoms with E-state index in [0.717, 1.165) is 16.9 Å². The highest BCUT2D eigenvalue weighted by molar-refractivity contribution is 5.80. The third kappa shape index (κ3) is 3.15. The number of aliphatic hydroxyl groups is 3. The monoisotopic (exact) mass is 294 g/mol. The number of benzene rings is 1. The van der Waals surface area contributed by atoms with Gasteiger partial charge in [0.15, 0.2) is 0 Å². The molecular weight excluding hydrogens is 268 g/mol. The van der Waals surface area contributed by atoms with Gasteiger partial charge in [-0.05, 0) is 31.4 Å². The molecule has 2 rings (SSSR count). The van der Waals surface area contributed by atoms with Crippen molar-refractivity contribution in [1.82, 2.24) is 0 Å². The topological polar surface area (TPSA) is 67.2 Å². The first-order valence-corrected chi connectivity index (χ1v) is 7.66. The van der Waals surface area contributed by atoms with Crippen molar-refractivity contribution in [2.45, 2.75) is 52.2 Å². The second-order valence-corrected chi connectivity index (χ2v) is 5.72. The van der Waals surface area contributed by atoms with Crippen molar-refractivity contribution in [2.75, 3.05) is 22.9 Å². The van der Waals surface area contributed by atoms with E-state index >= 15 is 0 Å². The van der Waals surface area contributed by atoms with Gasteiger partial charge >= 0.3 is 0 Å². The quantitative estimate of drug-likeness (QED) is 0.741. The number of rotatable bonds is 6. The van der Waals surface area contributed by atoms with Gasteiger partial charge < -0.3 is 25.1 Å². The predicted octanol–water partition coefficient (Wildman–Crippen LogP) is 1.44. The smallest absolute Gasteiger partial charge is 0.208 e. The van der Waals surface area contributed by atoms with Crippen LogP contribution in [0.4, 0.5) is 11.4 Å². The second kappa shape index (κ2) is 6.64. The molecule has 0 saturated heterocycles. The standard InChI is InChI=1S/C16H26N2O3/c1-4-12(19)9-17-14-8-6-7-11(3)15(14)18(16(17)21)10-13(20)5-2/h6-8,12-13,16,19-21H,4-5,9-10H2,1-3H3. The maximum absolute atomic E-state index is 10.6. The van der Waals surface area contributed by atoms with Crippen molar-refractivity contribution in [3.63, 3.8) is 0 Å². The van der Waals surface area contributed by atoms with Crippen LogP contribution in [-0.4, -0.2) is 47.0 Å². The molecule has 0 fully saturated rings. The van der Waals surface area contributed by atoms with Crippen molar-refractivity contribution in [3.05, 3.63) is 23.8 Å². The minimum Gasteiger partial charge on any atom is -0.391 e. The van der Waals surface area contributed by atoms with Crippen LogP contribution in [0.15, 0.2) is 18.2 Å². The lowest BCUT2D eigenvalue weighted by atomic mass is 10.1. The summed E-state index contributed by atoms with van der Waals surface area (Å²) < 4.78 is 0. The Labute approximate surface area is 126 Å². The Morgan fingerprint density at radius 1 is 1.05 bits per heavy atom. The molecule has 1 aliphatic heterocycles. The van der Waals surface area contributed by atoms with Crippen LogP contribution in [0.25, 0.3) is 0 Å². The Morgan fingerprint density at radius 3 is 2.19 bits per heavy atom. The molecule has 0 aromatic heterocycles. The van der Waals surface area contributed by atoms with Crippen LogP contribution in [0.2, 0.25) is 0 Å². The van der Waals surface area contributed by atoms with Gasteiger partial charge in [-0.15, -0.1) is 0 Å². The average Bonchev–Trinajstić information content (AvgIpc) is 2.73. The highest BCUT2D eigenvalue weighted by atomic mass is 16.3. The normalized spacial score (nSPS) is 20.6. The number of hydrogen-bond acceptors (Lipinski definition) is 5. The van der Waals surface area contributed by atoms with Gasteiger partial charge in [0.25, 0.3) is 0 Å². The number of para-hydroxylation sites is 1. The summed E-state index contributed by atoms with van der Waals surface area (Å²) in [7, 11) is 0. The van der Waals surface area contributed by atoms with Gasteiger partial charge in [-0.25, -0.2) is 0 Å². The molecule has 3 atom stereocenters. The zero-order valence-electron chi connectivity index (χ0n) is 13.0. The molecule has 3 N–H and O–H groups in total. The average molecular weight is 294 g/mol. The van der Waals surface area contributed by atoms with Gasteiger partial charge in [-0.1, -0.05) is 26.0 Å². The first kappa shape index (κ1) is 16.1. The zero-order valence-corrected chi connectivity index (χ0v) is 13.0. The van der Waals surface area contributed by atoms with E-state index in [9.17, 15) is 15.3 Å². The Morgan fingerprint density at radius 2 is 1.62 bits per heavy atom. The number of aliphatic hydroxyl groups excluding tert-OH is 3. The summed E-state index contributed by atoms with van der Waals surface area (Å²) >= 11 is 0. The second-order valence-electron chi connectivity index (χ2n) is 5.72. The van der Waals surface area contributed by atoms with E-state index in [-0.39, 0.29) is 0 Å². The van der Waals surface area contributed by atoms with Crippen LogP contribution in [0.5, 0.6) is 0 Å². The highest BCUT2D eigenvalue weighted by Gasteiger charge is 2.36. The summed E-state index contributed by atoms with van der Waals surface area (Å²) in [6.07, 6.45) is -0.528. The Hall–Kier alpha value is -1.30. The van der Waals surface area contributed by atoms with Crippen molar-refractivity contribution in [2.24, 2.45) is 0 Å². The predicted molar refractivity (Wildman–Crippen MR) is 84.5 cm³/mol. The van der Waals surface area contributed by atoms with E-state index < -0.39 is 18.6 Å². The Kier molecular flexibility index (Phi) is 5.08. The minimum absolute atomic E-state index is 0.382. The highest BCUT2D eigenvalue weighted by Crippen LogP contribution is 2.41. The summed E-state index contributed by atoms with van der Waals surface area (Å²) in [5.74, 6) is 0. The molecule has 1 aliphatic rings. The summed E-state index contributed by atoms with van der Waals surface area (Å²) in [4.78, 5) is 3.63. The van der Waals surface area contributed by atoms with E-state index in [1.807, 2.05) is 43.9 Å². The third-order valence-corrected chi connectivity index (χ3v) is 4.13. The fraction of sp³-hybridized carbons (Fsp3) is 0.625. The molecule has 0 amide bonds. The lowest BCUT2D eigenvalue weighted by Crippen LogP contribution is -2.48. The van der Waals surface area contributed by atoms with E-state index in [1.165, 1.54) is 0 Å². The van der Waals surface area contributed by atoms with Gasteiger partial charge in [-0.3, -0.25) is 0 Å². The maximum Gasteiger partial charge on any atom is 0.208 e. The molecule has 0 radical (unpaired) electrons. The Bertz CT molecular complexity index is 481. The lowest BCUT2D eigenvalue weighted by molar-refractivity contribution is 0.115. The van der Waals surface area contributed by atoms with Gasteiger partial charge in [-0.2, -0.15) is 0 Å². The summed E-state index contributed by atoms with van der Waals surface area (Å²) in [6, 6.07) is 5.90. The van der Waals surface area contributed by atoms with Gasteiger partial charge in [0.1, 0.15) is 0 Å². The molecule has 1 heterocycles. The molecule has 0 saturated carbocycles. The van der Waals surface area contributed by atoms with E-state index in [1.54, 1.807) is 4.90 Å². The minimum atomic E-state index is -0.844. The van der Waals surface area contributed by atoms with Crippen LogP contribution in [0, 0.1) is 6.92 Å². The fourth-order valence-corrected chi connectivity index (χ4v) is 2.75. The number of nitrogens with zero attached hydrogens (tertiary/aromatic N) is 2. The molecular formula is C16H26N2O3. The zero-order chi connectivity index (χ0) is 15.6. The molecule has 21 heavy (non-hydrogen) atoms. The van der Waals surface area contributed by atoms with Crippen LogP contribution in [-0.2, 0) is 0 Å². The maximum atomic E-state index is 10.6. The van der Waals surface area contributed by atoms with Crippen LogP contribution < -0.4 is 9.80 Å². The Balaban J connectivity index is 2.33. The molecule has 0 spiro atoms. The lowest BCUT2D eigenvalue weighted by Gasteiger charge is -2.31. The molecule has 1 aromatic rings. The number of aryl methyl sites for hydroxylation is 1. The van der Waals surface area contributed by atoms with Gasteiger partial charge in [0.05, 0.1) is 23.6 Å². The SMILES string of the molecule is CCC(O)CN1c2cccc(C)c2N(CC(O)CC)C1O. The molecule has 3 unspecified atom stereocenters. The van der Waals surface area contributed by atoms with Crippen LogP contribution >= 0.6 is 0 Å². The van der Waals surface area contributed by atoms with Gasteiger partial charge in [0, 0.05) is 13.1 Å². The van der Waals surface area contributed by atoms with Gasteiger partial charge in [0.2, 0.25) is 6.35 Å². The van der Waals surface area contributed by atoms with E-state index in [2.05, 4.69) is 0 Å². The number of hydrogen-bond donors (Lipinski definition) is 3. The van der Waals surface area contributed by atoms with E-state index in [4.69, 9.17) is 0 Å².